The molecular weight excluding hydrogens is 693 g/mol. The van der Waals surface area contributed by atoms with Crippen molar-refractivity contribution in [2.45, 2.75) is 5.41 Å². The average molecular weight is 727 g/mol. The summed E-state index contributed by atoms with van der Waals surface area (Å²) in [6, 6.07) is 74.2. The van der Waals surface area contributed by atoms with E-state index in [0.29, 0.717) is 0 Å². The molecule has 0 atom stereocenters. The summed E-state index contributed by atoms with van der Waals surface area (Å²) in [4.78, 5) is 7.76. The van der Waals surface area contributed by atoms with Gasteiger partial charge in [0.2, 0.25) is 0 Å². The summed E-state index contributed by atoms with van der Waals surface area (Å²) in [6.07, 6.45) is 0. The van der Waals surface area contributed by atoms with E-state index in [1.54, 1.807) is 0 Å². The van der Waals surface area contributed by atoms with Crippen LogP contribution in [0.3, 0.4) is 0 Å². The zero-order valence-corrected chi connectivity index (χ0v) is 30.9. The molecule has 2 heterocycles. The maximum atomic E-state index is 6.30. The summed E-state index contributed by atoms with van der Waals surface area (Å²) in [6.45, 7) is 0. The van der Waals surface area contributed by atoms with Gasteiger partial charge in [-0.15, -0.1) is 0 Å². The molecule has 3 heteroatoms. The minimum atomic E-state index is -0.415. The smallest absolute Gasteiger partial charge is 0.151 e. The van der Waals surface area contributed by atoms with E-state index in [0.717, 1.165) is 62.2 Å². The van der Waals surface area contributed by atoms with Crippen LogP contribution in [0.1, 0.15) is 22.3 Å². The van der Waals surface area contributed by atoms with Crippen molar-refractivity contribution < 1.29 is 4.74 Å². The van der Waals surface area contributed by atoms with E-state index in [4.69, 9.17) is 9.72 Å². The topological polar surface area (TPSA) is 25.4 Å². The lowest BCUT2D eigenvalue weighted by atomic mass is 9.70. The molecule has 8 aromatic carbocycles. The molecular formula is C54H34N2O. The van der Waals surface area contributed by atoms with Crippen molar-refractivity contribution in [3.63, 3.8) is 0 Å². The van der Waals surface area contributed by atoms with Crippen molar-refractivity contribution in [3.05, 3.63) is 229 Å². The van der Waals surface area contributed by atoms with Crippen LogP contribution in [-0.2, 0) is 5.41 Å². The highest BCUT2D eigenvalue weighted by molar-refractivity contribution is 6.00. The first-order valence-electron chi connectivity index (χ1n) is 19.5. The minimum Gasteiger partial charge on any atom is -0.453 e. The molecule has 1 aliphatic heterocycles. The lowest BCUT2D eigenvalue weighted by molar-refractivity contribution is 0.477. The zero-order chi connectivity index (χ0) is 37.5. The molecule has 2 aliphatic carbocycles. The van der Waals surface area contributed by atoms with Gasteiger partial charge in [0.25, 0.3) is 0 Å². The highest BCUT2D eigenvalue weighted by atomic mass is 16.5. The molecule has 12 rings (SSSR count). The fraction of sp³-hybridized carbons (Fsp3) is 0.0185. The van der Waals surface area contributed by atoms with E-state index in [9.17, 15) is 0 Å². The van der Waals surface area contributed by atoms with Crippen LogP contribution in [-0.4, -0.2) is 4.98 Å². The monoisotopic (exact) mass is 726 g/mol. The Balaban J connectivity index is 1.05. The van der Waals surface area contributed by atoms with Crippen LogP contribution in [0.5, 0.6) is 11.5 Å². The number of benzene rings is 8. The number of para-hydroxylation sites is 4. The second-order valence-corrected chi connectivity index (χ2v) is 15.0. The summed E-state index contributed by atoms with van der Waals surface area (Å²) in [7, 11) is 0. The molecule has 0 saturated carbocycles. The first-order chi connectivity index (χ1) is 28.3. The van der Waals surface area contributed by atoms with Crippen molar-refractivity contribution in [3.8, 4) is 67.4 Å². The summed E-state index contributed by atoms with van der Waals surface area (Å²) in [5.74, 6) is 1.68. The maximum absolute atomic E-state index is 6.30. The van der Waals surface area contributed by atoms with Crippen LogP contribution in [0.25, 0.3) is 55.9 Å². The average Bonchev–Trinajstić information content (AvgIpc) is 3.76. The second kappa shape index (κ2) is 12.3. The van der Waals surface area contributed by atoms with Gasteiger partial charge in [0, 0.05) is 16.8 Å². The molecule has 1 aromatic heterocycles. The van der Waals surface area contributed by atoms with Crippen LogP contribution in [0.4, 0.5) is 17.1 Å². The van der Waals surface area contributed by atoms with E-state index in [1.807, 2.05) is 24.3 Å². The number of anilines is 3. The molecule has 1 spiro atoms. The van der Waals surface area contributed by atoms with E-state index < -0.39 is 5.41 Å². The van der Waals surface area contributed by atoms with Gasteiger partial charge in [0.15, 0.2) is 11.5 Å². The van der Waals surface area contributed by atoms with Gasteiger partial charge < -0.3 is 9.64 Å². The minimum absolute atomic E-state index is 0.415. The number of ether oxygens (including phenoxy) is 1. The van der Waals surface area contributed by atoms with Crippen LogP contribution < -0.4 is 9.64 Å². The van der Waals surface area contributed by atoms with Gasteiger partial charge in [-0.05, 0) is 104 Å². The Hall–Kier alpha value is -7.49. The third kappa shape index (κ3) is 4.57. The van der Waals surface area contributed by atoms with Crippen LogP contribution >= 0.6 is 0 Å². The van der Waals surface area contributed by atoms with Gasteiger partial charge in [0.1, 0.15) is 0 Å². The second-order valence-electron chi connectivity index (χ2n) is 15.0. The molecule has 0 amide bonds. The first kappa shape index (κ1) is 31.8. The Morgan fingerprint density at radius 3 is 1.54 bits per heavy atom. The molecule has 266 valence electrons. The normalized spacial score (nSPS) is 13.5. The molecule has 57 heavy (non-hydrogen) atoms. The van der Waals surface area contributed by atoms with Crippen molar-refractivity contribution in [1.29, 1.82) is 0 Å². The van der Waals surface area contributed by atoms with Gasteiger partial charge in [-0.1, -0.05) is 158 Å². The summed E-state index contributed by atoms with van der Waals surface area (Å²) < 4.78 is 6.30. The first-order valence-corrected chi connectivity index (χ1v) is 19.5. The van der Waals surface area contributed by atoms with Crippen LogP contribution in [0, 0.1) is 0 Å². The number of hydrogen-bond donors (Lipinski definition) is 0. The van der Waals surface area contributed by atoms with E-state index in [2.05, 4.69) is 187 Å². The largest absolute Gasteiger partial charge is 0.453 e. The molecule has 0 unspecified atom stereocenters. The predicted octanol–water partition coefficient (Wildman–Crippen LogP) is 14.0. The third-order valence-corrected chi connectivity index (χ3v) is 12.1. The number of aromatic nitrogens is 1. The van der Waals surface area contributed by atoms with E-state index in [-0.39, 0.29) is 0 Å². The molecule has 3 nitrogen and oxygen atoms in total. The van der Waals surface area contributed by atoms with Crippen LogP contribution in [0.2, 0.25) is 0 Å². The molecule has 0 fully saturated rings. The van der Waals surface area contributed by atoms with Gasteiger partial charge in [-0.25, -0.2) is 4.98 Å². The van der Waals surface area contributed by atoms with Crippen molar-refractivity contribution in [1.82, 2.24) is 4.98 Å². The Morgan fingerprint density at radius 2 is 0.877 bits per heavy atom. The fourth-order valence-corrected chi connectivity index (χ4v) is 9.73. The van der Waals surface area contributed by atoms with E-state index in [1.165, 1.54) is 44.5 Å². The quantitative estimate of drug-likeness (QED) is 0.181. The maximum Gasteiger partial charge on any atom is 0.151 e. The summed E-state index contributed by atoms with van der Waals surface area (Å²) >= 11 is 0. The molecule has 0 radical (unpaired) electrons. The number of rotatable bonds is 4. The molecule has 9 aromatic rings. The Labute approximate surface area is 331 Å². The Morgan fingerprint density at radius 1 is 0.368 bits per heavy atom. The number of pyridine rings is 1. The van der Waals surface area contributed by atoms with Gasteiger partial charge in [0.05, 0.1) is 28.2 Å². The van der Waals surface area contributed by atoms with Crippen molar-refractivity contribution >= 4 is 17.1 Å². The molecule has 0 N–H and O–H groups in total. The SMILES string of the molecule is c1ccc(-c2cc(-c3ccc(N4c5ccccc5Oc5ccccc54)cc3)cc(-c3cccc4c3-c3ccccc3C43c4ccccc4-c4ccccc43)n2)cc1. The van der Waals surface area contributed by atoms with E-state index >= 15 is 0 Å². The zero-order valence-electron chi connectivity index (χ0n) is 30.9. The molecule has 0 saturated heterocycles. The number of nitrogens with zero attached hydrogens (tertiary/aromatic N) is 2. The summed E-state index contributed by atoms with van der Waals surface area (Å²) in [5, 5.41) is 0. The standard InChI is InChI=1S/C54H34N2O/c1-2-15-36(16-3-1)47-33-37(35-29-31-38(32-30-35)56-49-25-10-12-27-51(49)57-52-28-13-11-26-50(52)56)34-48(55-47)42-20-14-24-46-53(42)41-19-6-9-23-45(41)54(46)43-21-7-4-17-39(43)40-18-5-8-22-44(40)54/h1-34H. The highest BCUT2D eigenvalue weighted by Crippen LogP contribution is 2.64. The highest BCUT2D eigenvalue weighted by Gasteiger charge is 2.52. The Bertz CT molecular complexity index is 2970. The van der Waals surface area contributed by atoms with Crippen molar-refractivity contribution in [2.75, 3.05) is 4.90 Å². The Kier molecular flexibility index (Phi) is 6.84. The third-order valence-electron chi connectivity index (χ3n) is 12.1. The number of fused-ring (bicyclic) bond motifs is 12. The molecule has 0 bridgehead atoms. The lowest BCUT2D eigenvalue weighted by Gasteiger charge is -2.32. The predicted molar refractivity (Wildman–Crippen MR) is 232 cm³/mol. The lowest BCUT2D eigenvalue weighted by Crippen LogP contribution is -2.25. The summed E-state index contributed by atoms with van der Waals surface area (Å²) in [5.41, 5.74) is 19.5. The van der Waals surface area contributed by atoms with Gasteiger partial charge in [-0.2, -0.15) is 0 Å². The fourth-order valence-electron chi connectivity index (χ4n) is 9.73. The van der Waals surface area contributed by atoms with Gasteiger partial charge in [-0.3, -0.25) is 0 Å². The van der Waals surface area contributed by atoms with Gasteiger partial charge >= 0.3 is 0 Å². The van der Waals surface area contributed by atoms with Crippen LogP contribution in [0.15, 0.2) is 206 Å². The molecule has 3 aliphatic rings. The van der Waals surface area contributed by atoms with Crippen molar-refractivity contribution in [2.24, 2.45) is 0 Å². The number of hydrogen-bond acceptors (Lipinski definition) is 3.